The summed E-state index contributed by atoms with van der Waals surface area (Å²) >= 11 is 0. The molecule has 1 aromatic heterocycles. The normalized spacial score (nSPS) is 26.8. The first kappa shape index (κ1) is 13.6. The molecule has 3 rings (SSSR count). The van der Waals surface area contributed by atoms with Crippen molar-refractivity contribution in [3.05, 3.63) is 24.0 Å². The monoisotopic (exact) mass is 277 g/mol. The van der Waals surface area contributed by atoms with E-state index in [1.54, 1.807) is 7.11 Å². The Morgan fingerprint density at radius 2 is 2.25 bits per heavy atom. The van der Waals surface area contributed by atoms with E-state index in [4.69, 9.17) is 10.5 Å². The number of piperidine rings is 1. The number of likely N-dealkylation sites (tertiary alicyclic amines) is 1. The summed E-state index contributed by atoms with van der Waals surface area (Å²) in [5, 5.41) is 0. The molecule has 2 N–H and O–H groups in total. The van der Waals surface area contributed by atoms with Crippen LogP contribution >= 0.6 is 0 Å². The fourth-order valence-corrected chi connectivity index (χ4v) is 3.11. The minimum atomic E-state index is 0.0868. The van der Waals surface area contributed by atoms with Crippen molar-refractivity contribution in [1.29, 1.82) is 0 Å². The molecular formula is C15H23N3O2. The minimum Gasteiger partial charge on any atom is -0.381 e. The molecule has 2 heterocycles. The topological polar surface area (TPSA) is 60.5 Å². The predicted molar refractivity (Wildman–Crippen MR) is 76.6 cm³/mol. The van der Waals surface area contributed by atoms with Crippen molar-refractivity contribution < 1.29 is 9.53 Å². The molecular weight excluding hydrogens is 254 g/mol. The van der Waals surface area contributed by atoms with Crippen molar-refractivity contribution in [3.8, 4) is 0 Å². The number of nitrogens with two attached hydrogens (primary N) is 1. The fraction of sp³-hybridized carbons (Fsp3) is 0.667. The van der Waals surface area contributed by atoms with Gasteiger partial charge in [-0.15, -0.1) is 0 Å². The van der Waals surface area contributed by atoms with Crippen LogP contribution in [0.5, 0.6) is 0 Å². The summed E-state index contributed by atoms with van der Waals surface area (Å²) in [6, 6.07) is 4.50. The van der Waals surface area contributed by atoms with Gasteiger partial charge in [0.25, 0.3) is 5.91 Å². The molecule has 1 amide bonds. The summed E-state index contributed by atoms with van der Waals surface area (Å²) in [5.74, 6) is 0.118. The van der Waals surface area contributed by atoms with Gasteiger partial charge in [-0.3, -0.25) is 4.79 Å². The van der Waals surface area contributed by atoms with Gasteiger partial charge in [0.2, 0.25) is 0 Å². The molecule has 1 aromatic rings. The summed E-state index contributed by atoms with van der Waals surface area (Å²) in [5.41, 5.74) is 6.66. The largest absolute Gasteiger partial charge is 0.381 e. The second-order valence-corrected chi connectivity index (χ2v) is 5.80. The third-order valence-electron chi connectivity index (χ3n) is 4.47. The quantitative estimate of drug-likeness (QED) is 0.905. The SMILES string of the molecule is COC1CCN(C(=O)c2cccn2C2CC2)C(CN)C1. The third-order valence-corrected chi connectivity index (χ3v) is 4.47. The third kappa shape index (κ3) is 2.47. The van der Waals surface area contributed by atoms with Gasteiger partial charge >= 0.3 is 0 Å². The maximum Gasteiger partial charge on any atom is 0.270 e. The molecule has 110 valence electrons. The van der Waals surface area contributed by atoms with Crippen LogP contribution in [0.25, 0.3) is 0 Å². The number of hydrogen-bond donors (Lipinski definition) is 1. The summed E-state index contributed by atoms with van der Waals surface area (Å²) in [7, 11) is 1.73. The lowest BCUT2D eigenvalue weighted by Crippen LogP contribution is -2.51. The summed E-state index contributed by atoms with van der Waals surface area (Å²) < 4.78 is 7.54. The maximum absolute atomic E-state index is 12.8. The number of carbonyl (C=O) groups excluding carboxylic acids is 1. The van der Waals surface area contributed by atoms with Crippen LogP contribution in [0.15, 0.2) is 18.3 Å². The van der Waals surface area contributed by atoms with Gasteiger partial charge in [-0.25, -0.2) is 0 Å². The number of nitrogens with zero attached hydrogens (tertiary/aromatic N) is 2. The summed E-state index contributed by atoms with van der Waals surface area (Å²) in [4.78, 5) is 14.7. The lowest BCUT2D eigenvalue weighted by Gasteiger charge is -2.38. The number of amides is 1. The second kappa shape index (κ2) is 5.58. The number of ether oxygens (including phenoxy) is 1. The average molecular weight is 277 g/mol. The zero-order valence-corrected chi connectivity index (χ0v) is 12.0. The molecule has 2 atom stereocenters. The highest BCUT2D eigenvalue weighted by molar-refractivity contribution is 5.93. The molecule has 2 unspecified atom stereocenters. The molecule has 1 aliphatic carbocycles. The highest BCUT2D eigenvalue weighted by Gasteiger charge is 2.34. The number of carbonyl (C=O) groups is 1. The maximum atomic E-state index is 12.8. The van der Waals surface area contributed by atoms with E-state index in [0.29, 0.717) is 12.6 Å². The van der Waals surface area contributed by atoms with Crippen LogP contribution in [-0.4, -0.2) is 47.7 Å². The van der Waals surface area contributed by atoms with E-state index in [-0.39, 0.29) is 18.1 Å². The van der Waals surface area contributed by atoms with Crippen LogP contribution in [0.4, 0.5) is 0 Å². The van der Waals surface area contributed by atoms with Crippen LogP contribution in [0, 0.1) is 0 Å². The standard InChI is InChI=1S/C15H23N3O2/c1-20-13-6-8-18(12(9-13)10-16)15(19)14-3-2-7-17(14)11-4-5-11/h2-3,7,11-13H,4-6,8-10,16H2,1H3. The van der Waals surface area contributed by atoms with E-state index in [9.17, 15) is 4.79 Å². The first-order valence-corrected chi connectivity index (χ1v) is 7.45. The Morgan fingerprint density at radius 1 is 1.45 bits per heavy atom. The van der Waals surface area contributed by atoms with Gasteiger partial charge in [0.1, 0.15) is 5.69 Å². The molecule has 0 bridgehead atoms. The summed E-state index contributed by atoms with van der Waals surface area (Å²) in [6.45, 7) is 1.23. The van der Waals surface area contributed by atoms with E-state index in [1.807, 2.05) is 23.2 Å². The Balaban J connectivity index is 1.77. The van der Waals surface area contributed by atoms with Gasteiger partial charge in [-0.05, 0) is 37.8 Å². The van der Waals surface area contributed by atoms with Crippen molar-refractivity contribution in [2.45, 2.75) is 43.9 Å². The smallest absolute Gasteiger partial charge is 0.270 e. The molecule has 0 aromatic carbocycles. The van der Waals surface area contributed by atoms with Crippen molar-refractivity contribution in [3.63, 3.8) is 0 Å². The number of rotatable bonds is 4. The Hall–Kier alpha value is -1.33. The van der Waals surface area contributed by atoms with Crippen LogP contribution in [0.2, 0.25) is 0 Å². The fourth-order valence-electron chi connectivity index (χ4n) is 3.11. The predicted octanol–water partition coefficient (Wildman–Crippen LogP) is 1.40. The Bertz CT molecular complexity index is 481. The Morgan fingerprint density at radius 3 is 2.90 bits per heavy atom. The van der Waals surface area contributed by atoms with Crippen LogP contribution in [0.1, 0.15) is 42.2 Å². The van der Waals surface area contributed by atoms with Gasteiger partial charge < -0.3 is 19.9 Å². The first-order chi connectivity index (χ1) is 9.74. The number of aromatic nitrogens is 1. The highest BCUT2D eigenvalue weighted by atomic mass is 16.5. The van der Waals surface area contributed by atoms with Gasteiger partial charge in [-0.1, -0.05) is 0 Å². The van der Waals surface area contributed by atoms with Gasteiger partial charge in [0.15, 0.2) is 0 Å². The first-order valence-electron chi connectivity index (χ1n) is 7.45. The van der Waals surface area contributed by atoms with E-state index in [0.717, 1.165) is 25.1 Å². The van der Waals surface area contributed by atoms with Crippen LogP contribution in [-0.2, 0) is 4.74 Å². The van der Waals surface area contributed by atoms with Gasteiger partial charge in [0.05, 0.1) is 6.10 Å². The van der Waals surface area contributed by atoms with Crippen LogP contribution < -0.4 is 5.73 Å². The van der Waals surface area contributed by atoms with E-state index >= 15 is 0 Å². The van der Waals surface area contributed by atoms with Gasteiger partial charge in [-0.2, -0.15) is 0 Å². The van der Waals surface area contributed by atoms with Crippen molar-refractivity contribution in [2.75, 3.05) is 20.2 Å². The Labute approximate surface area is 119 Å². The highest BCUT2D eigenvalue weighted by Crippen LogP contribution is 2.36. The molecule has 1 saturated carbocycles. The zero-order valence-electron chi connectivity index (χ0n) is 12.0. The van der Waals surface area contributed by atoms with Crippen molar-refractivity contribution >= 4 is 5.91 Å². The van der Waals surface area contributed by atoms with Gasteiger partial charge in [0, 0.05) is 38.5 Å². The summed E-state index contributed by atoms with van der Waals surface area (Å²) in [6.07, 6.45) is 6.33. The van der Waals surface area contributed by atoms with E-state index in [2.05, 4.69) is 4.57 Å². The van der Waals surface area contributed by atoms with E-state index < -0.39 is 0 Å². The second-order valence-electron chi connectivity index (χ2n) is 5.80. The molecule has 0 spiro atoms. The minimum absolute atomic E-state index is 0.0868. The number of methoxy groups -OCH3 is 1. The van der Waals surface area contributed by atoms with E-state index in [1.165, 1.54) is 12.8 Å². The molecule has 1 aliphatic heterocycles. The van der Waals surface area contributed by atoms with Crippen LogP contribution in [0.3, 0.4) is 0 Å². The lowest BCUT2D eigenvalue weighted by atomic mass is 9.99. The molecule has 2 fully saturated rings. The number of hydrogen-bond acceptors (Lipinski definition) is 3. The molecule has 20 heavy (non-hydrogen) atoms. The van der Waals surface area contributed by atoms with Crippen molar-refractivity contribution in [1.82, 2.24) is 9.47 Å². The molecule has 5 nitrogen and oxygen atoms in total. The Kier molecular flexibility index (Phi) is 3.81. The molecule has 0 radical (unpaired) electrons. The lowest BCUT2D eigenvalue weighted by molar-refractivity contribution is 0.0134. The molecule has 5 heteroatoms. The molecule has 1 saturated heterocycles. The molecule has 2 aliphatic rings. The van der Waals surface area contributed by atoms with Crippen molar-refractivity contribution in [2.24, 2.45) is 5.73 Å². The average Bonchev–Trinajstić information content (AvgIpc) is 3.22. The zero-order chi connectivity index (χ0) is 14.1.